The molecule has 0 amide bonds. The van der Waals surface area contributed by atoms with Crippen LogP contribution in [-0.4, -0.2) is 28.5 Å². The fraction of sp³-hybridized carbons (Fsp3) is 0.333. The van der Waals surface area contributed by atoms with Crippen LogP contribution < -0.4 is 11.1 Å². The largest absolute Gasteiger partial charge is 0.396 e. The molecule has 6 heteroatoms. The lowest BCUT2D eigenvalue weighted by atomic mass is 10.3. The first kappa shape index (κ1) is 12.4. The summed E-state index contributed by atoms with van der Waals surface area (Å²) in [6.45, 7) is 3.30. The van der Waals surface area contributed by atoms with Gasteiger partial charge in [0, 0.05) is 19.5 Å². The third-order valence-corrected chi connectivity index (χ3v) is 2.47. The Hall–Kier alpha value is -2.08. The van der Waals surface area contributed by atoms with Gasteiger partial charge in [0.05, 0.1) is 30.7 Å². The fourth-order valence-electron chi connectivity index (χ4n) is 1.57. The first-order chi connectivity index (χ1) is 8.69. The molecule has 0 aromatic carbocycles. The zero-order valence-corrected chi connectivity index (χ0v) is 10.6. The molecule has 0 spiro atoms. The molecule has 6 nitrogen and oxygen atoms in total. The molecule has 0 atom stereocenters. The summed E-state index contributed by atoms with van der Waals surface area (Å²) in [5.74, 6) is 0.645. The van der Waals surface area contributed by atoms with E-state index in [4.69, 9.17) is 10.5 Å². The zero-order chi connectivity index (χ0) is 13.0. The maximum atomic E-state index is 5.88. The Morgan fingerprint density at radius 2 is 2.28 bits per heavy atom. The number of nitrogens with two attached hydrogens (primary N) is 1. The maximum Gasteiger partial charge on any atom is 0.153 e. The van der Waals surface area contributed by atoms with E-state index in [9.17, 15) is 0 Å². The molecule has 0 saturated heterocycles. The minimum Gasteiger partial charge on any atom is -0.396 e. The molecule has 2 heterocycles. The van der Waals surface area contributed by atoms with Crippen LogP contribution in [0.15, 0.2) is 24.7 Å². The predicted octanol–water partition coefficient (Wildman–Crippen LogP) is 1.56. The Balaban J connectivity index is 2.06. The van der Waals surface area contributed by atoms with Crippen molar-refractivity contribution in [2.45, 2.75) is 13.5 Å². The highest BCUT2D eigenvalue weighted by Crippen LogP contribution is 2.20. The average molecular weight is 247 g/mol. The molecule has 0 unspecified atom stereocenters. The van der Waals surface area contributed by atoms with E-state index in [1.807, 2.05) is 19.2 Å². The van der Waals surface area contributed by atoms with Crippen LogP contribution in [-0.2, 0) is 11.3 Å². The quantitative estimate of drug-likeness (QED) is 0.838. The molecule has 2 aromatic rings. The summed E-state index contributed by atoms with van der Waals surface area (Å²) in [4.78, 5) is 4.25. The molecule has 2 aromatic heterocycles. The van der Waals surface area contributed by atoms with Gasteiger partial charge in [0.15, 0.2) is 5.82 Å². The van der Waals surface area contributed by atoms with E-state index in [-0.39, 0.29) is 0 Å². The predicted molar refractivity (Wildman–Crippen MR) is 70.8 cm³/mol. The summed E-state index contributed by atoms with van der Waals surface area (Å²) < 4.78 is 6.79. The van der Waals surface area contributed by atoms with Crippen molar-refractivity contribution in [3.05, 3.63) is 30.2 Å². The second-order valence-electron chi connectivity index (χ2n) is 4.06. The van der Waals surface area contributed by atoms with Crippen LogP contribution in [0.4, 0.5) is 17.2 Å². The van der Waals surface area contributed by atoms with E-state index >= 15 is 0 Å². The number of anilines is 3. The van der Waals surface area contributed by atoms with Crippen LogP contribution in [0.3, 0.4) is 0 Å². The minimum absolute atomic E-state index is 0.625. The fourth-order valence-corrected chi connectivity index (χ4v) is 1.57. The van der Waals surface area contributed by atoms with E-state index in [1.165, 1.54) is 0 Å². The van der Waals surface area contributed by atoms with E-state index < -0.39 is 0 Å². The minimum atomic E-state index is 0.625. The van der Waals surface area contributed by atoms with Crippen molar-refractivity contribution in [3.63, 3.8) is 0 Å². The van der Waals surface area contributed by atoms with Crippen molar-refractivity contribution >= 4 is 17.2 Å². The van der Waals surface area contributed by atoms with E-state index in [2.05, 4.69) is 15.4 Å². The van der Waals surface area contributed by atoms with Crippen LogP contribution in [0.25, 0.3) is 0 Å². The summed E-state index contributed by atoms with van der Waals surface area (Å²) in [5, 5.41) is 7.34. The molecule has 0 aliphatic heterocycles. The van der Waals surface area contributed by atoms with Crippen LogP contribution in [0.1, 0.15) is 5.56 Å². The van der Waals surface area contributed by atoms with Gasteiger partial charge in [-0.1, -0.05) is 0 Å². The van der Waals surface area contributed by atoms with Crippen molar-refractivity contribution in [2.24, 2.45) is 0 Å². The number of methoxy groups -OCH3 is 1. The molecule has 18 heavy (non-hydrogen) atoms. The van der Waals surface area contributed by atoms with E-state index in [1.54, 1.807) is 24.2 Å². The SMILES string of the molecule is COCCn1cc(Nc2ncc(C)cc2N)cn1. The molecule has 0 radical (unpaired) electrons. The number of ether oxygens (including phenoxy) is 1. The number of hydrogen-bond acceptors (Lipinski definition) is 5. The smallest absolute Gasteiger partial charge is 0.153 e. The normalized spacial score (nSPS) is 10.6. The van der Waals surface area contributed by atoms with E-state index in [0.717, 1.165) is 17.8 Å². The van der Waals surface area contributed by atoms with Gasteiger partial charge in [0.2, 0.25) is 0 Å². The molecule has 2 rings (SSSR count). The van der Waals surface area contributed by atoms with Gasteiger partial charge >= 0.3 is 0 Å². The maximum absolute atomic E-state index is 5.88. The Bertz CT molecular complexity index is 523. The molecule has 0 bridgehead atoms. The summed E-state index contributed by atoms with van der Waals surface area (Å²) in [7, 11) is 1.67. The van der Waals surface area contributed by atoms with Crippen molar-refractivity contribution in [2.75, 3.05) is 24.8 Å². The topological polar surface area (TPSA) is 78.0 Å². The lowest BCUT2D eigenvalue weighted by molar-refractivity contribution is 0.183. The van der Waals surface area contributed by atoms with Crippen LogP contribution >= 0.6 is 0 Å². The van der Waals surface area contributed by atoms with Gasteiger partial charge in [-0.3, -0.25) is 4.68 Å². The van der Waals surface area contributed by atoms with Crippen LogP contribution in [0, 0.1) is 6.92 Å². The molecule has 96 valence electrons. The highest BCUT2D eigenvalue weighted by atomic mass is 16.5. The van der Waals surface area contributed by atoms with Crippen LogP contribution in [0.2, 0.25) is 0 Å². The molecule has 0 fully saturated rings. The van der Waals surface area contributed by atoms with Crippen molar-refractivity contribution in [1.82, 2.24) is 14.8 Å². The van der Waals surface area contributed by atoms with Crippen molar-refractivity contribution in [1.29, 1.82) is 0 Å². The standard InChI is InChI=1S/C12H17N5O/c1-9-5-11(13)12(14-6-9)16-10-7-15-17(8-10)3-4-18-2/h5-8H,3-4,13H2,1-2H3,(H,14,16). The second kappa shape index (κ2) is 5.50. The molecule has 0 saturated carbocycles. The van der Waals surface area contributed by atoms with Gasteiger partial charge < -0.3 is 15.8 Å². The Labute approximate surface area is 106 Å². The average Bonchev–Trinajstić information content (AvgIpc) is 2.78. The molecular formula is C12H17N5O. The van der Waals surface area contributed by atoms with Gasteiger partial charge in [-0.2, -0.15) is 5.10 Å². The first-order valence-electron chi connectivity index (χ1n) is 5.69. The number of nitrogen functional groups attached to an aromatic ring is 1. The third kappa shape index (κ3) is 2.98. The second-order valence-corrected chi connectivity index (χ2v) is 4.06. The molecular weight excluding hydrogens is 230 g/mol. The molecule has 0 aliphatic carbocycles. The van der Waals surface area contributed by atoms with Crippen LogP contribution in [0.5, 0.6) is 0 Å². The van der Waals surface area contributed by atoms with Gasteiger partial charge in [-0.15, -0.1) is 0 Å². The monoisotopic (exact) mass is 247 g/mol. The lowest BCUT2D eigenvalue weighted by Crippen LogP contribution is -2.04. The highest BCUT2D eigenvalue weighted by molar-refractivity contribution is 5.68. The number of nitrogens with one attached hydrogen (secondary N) is 1. The summed E-state index contributed by atoms with van der Waals surface area (Å²) in [6.07, 6.45) is 5.39. The number of aryl methyl sites for hydroxylation is 1. The number of pyridine rings is 1. The molecule has 3 N–H and O–H groups in total. The Morgan fingerprint density at radius 3 is 3.00 bits per heavy atom. The number of hydrogen-bond donors (Lipinski definition) is 2. The van der Waals surface area contributed by atoms with Gasteiger partial charge in [0.1, 0.15) is 0 Å². The van der Waals surface area contributed by atoms with Gasteiger partial charge in [-0.05, 0) is 18.6 Å². The summed E-state index contributed by atoms with van der Waals surface area (Å²) in [6, 6.07) is 1.88. The zero-order valence-electron chi connectivity index (χ0n) is 10.6. The van der Waals surface area contributed by atoms with Crippen molar-refractivity contribution < 1.29 is 4.74 Å². The summed E-state index contributed by atoms with van der Waals surface area (Å²) >= 11 is 0. The first-order valence-corrected chi connectivity index (χ1v) is 5.69. The van der Waals surface area contributed by atoms with E-state index in [0.29, 0.717) is 18.1 Å². The number of nitrogens with zero attached hydrogens (tertiary/aromatic N) is 3. The Kier molecular flexibility index (Phi) is 3.78. The molecule has 0 aliphatic rings. The van der Waals surface area contributed by atoms with Gasteiger partial charge in [-0.25, -0.2) is 4.98 Å². The third-order valence-electron chi connectivity index (χ3n) is 2.47. The summed E-state index contributed by atoms with van der Waals surface area (Å²) in [5.41, 5.74) is 8.40. The van der Waals surface area contributed by atoms with Gasteiger partial charge in [0.25, 0.3) is 0 Å². The number of rotatable bonds is 5. The Morgan fingerprint density at radius 1 is 1.44 bits per heavy atom. The number of aromatic nitrogens is 3. The lowest BCUT2D eigenvalue weighted by Gasteiger charge is -2.06. The van der Waals surface area contributed by atoms with Crippen molar-refractivity contribution in [3.8, 4) is 0 Å². The highest BCUT2D eigenvalue weighted by Gasteiger charge is 2.03.